The third kappa shape index (κ3) is 5.19. The highest BCUT2D eigenvalue weighted by Gasteiger charge is 2.45. The van der Waals surface area contributed by atoms with Crippen molar-refractivity contribution in [2.24, 2.45) is 11.8 Å². The molecule has 0 aromatic heterocycles. The van der Waals surface area contributed by atoms with Gasteiger partial charge in [-0.3, -0.25) is 4.57 Å². The Labute approximate surface area is 160 Å². The van der Waals surface area contributed by atoms with Crippen LogP contribution in [-0.4, -0.2) is 94.2 Å². The van der Waals surface area contributed by atoms with E-state index in [2.05, 4.69) is 14.7 Å². The Kier molecular flexibility index (Phi) is 8.35. The van der Waals surface area contributed by atoms with Crippen LogP contribution in [0.25, 0.3) is 0 Å². The molecule has 146 valence electrons. The summed E-state index contributed by atoms with van der Waals surface area (Å²) in [6, 6.07) is 0.142. The number of hydrogen-bond donors (Lipinski definition) is 0. The van der Waals surface area contributed by atoms with Crippen LogP contribution in [-0.2, 0) is 32.6 Å². The van der Waals surface area contributed by atoms with E-state index in [1.165, 1.54) is 7.57 Å². The van der Waals surface area contributed by atoms with E-state index in [1.807, 2.05) is 14.8 Å². The molecular formula is C14H31B4O7P. The molecule has 0 spiro atoms. The van der Waals surface area contributed by atoms with Crippen LogP contribution in [0.1, 0.15) is 13.8 Å². The first kappa shape index (κ1) is 22.5. The molecule has 2 aliphatic heterocycles. The number of rotatable bonds is 9. The summed E-state index contributed by atoms with van der Waals surface area (Å²) < 4.78 is 47.1. The molecule has 12 heteroatoms. The lowest BCUT2D eigenvalue weighted by Gasteiger charge is -2.27. The fraction of sp³-hybridized carbons (Fsp3) is 1.00. The SMILES string of the molecule is BB[C@@H]1O[C@H](COP(B)(=O)O[C@@H]2C(C)[C@H](B)O[C@@H]2COC)[C@H](OC)C1C. The normalized spacial score (nSPS) is 42.6. The van der Waals surface area contributed by atoms with Gasteiger partial charge in [-0.05, 0) is 0 Å². The first-order valence-electron chi connectivity index (χ1n) is 9.47. The molecule has 0 aromatic rings. The van der Waals surface area contributed by atoms with Crippen LogP contribution >= 0.6 is 7.47 Å². The monoisotopic (exact) mass is 386 g/mol. The fourth-order valence-corrected chi connectivity index (χ4v) is 5.20. The lowest BCUT2D eigenvalue weighted by molar-refractivity contribution is -0.0292. The number of hydrogen-bond acceptors (Lipinski definition) is 7. The fourth-order valence-electron chi connectivity index (χ4n) is 3.95. The zero-order valence-electron chi connectivity index (χ0n) is 17.0. The van der Waals surface area contributed by atoms with E-state index in [-0.39, 0.29) is 54.9 Å². The highest BCUT2D eigenvalue weighted by molar-refractivity contribution is 7.79. The van der Waals surface area contributed by atoms with E-state index in [0.717, 1.165) is 7.17 Å². The van der Waals surface area contributed by atoms with Crippen molar-refractivity contribution in [3.63, 3.8) is 0 Å². The maximum atomic E-state index is 12.9. The van der Waals surface area contributed by atoms with Gasteiger partial charge in [0.25, 0.3) is 15.0 Å². The molecule has 3 unspecified atom stereocenters. The quantitative estimate of drug-likeness (QED) is 0.340. The van der Waals surface area contributed by atoms with Crippen molar-refractivity contribution in [1.29, 1.82) is 0 Å². The highest BCUT2D eigenvalue weighted by atomic mass is 31.2. The average molecular weight is 386 g/mol. The Bertz CT molecular complexity index is 502. The predicted octanol–water partition coefficient (Wildman–Crippen LogP) is -1.87. The van der Waals surface area contributed by atoms with E-state index in [9.17, 15) is 4.57 Å². The van der Waals surface area contributed by atoms with Crippen LogP contribution in [0.4, 0.5) is 0 Å². The van der Waals surface area contributed by atoms with Crippen molar-refractivity contribution >= 4 is 37.8 Å². The van der Waals surface area contributed by atoms with Gasteiger partial charge in [-0.15, -0.1) is 0 Å². The molecule has 0 amide bonds. The summed E-state index contributed by atoms with van der Waals surface area (Å²) in [6.07, 6.45) is -0.899. The second-order valence-corrected chi connectivity index (χ2v) is 9.52. The third-order valence-electron chi connectivity index (χ3n) is 5.63. The summed E-state index contributed by atoms with van der Waals surface area (Å²) in [4.78, 5) is 0. The highest BCUT2D eigenvalue weighted by Crippen LogP contribution is 2.48. The van der Waals surface area contributed by atoms with Crippen LogP contribution in [0.5, 0.6) is 0 Å². The third-order valence-corrected chi connectivity index (χ3v) is 6.87. The molecule has 0 bridgehead atoms. The van der Waals surface area contributed by atoms with Crippen molar-refractivity contribution in [2.45, 2.75) is 50.3 Å². The van der Waals surface area contributed by atoms with E-state index < -0.39 is 7.47 Å². The molecule has 2 saturated heterocycles. The second-order valence-electron chi connectivity index (χ2n) is 7.51. The molecule has 0 aromatic carbocycles. The second kappa shape index (κ2) is 9.64. The molecule has 0 radical (unpaired) electrons. The van der Waals surface area contributed by atoms with Crippen molar-refractivity contribution in [2.75, 3.05) is 27.4 Å². The lowest BCUT2D eigenvalue weighted by atomic mass is 9.49. The van der Waals surface area contributed by atoms with Crippen LogP contribution in [0.15, 0.2) is 0 Å². The van der Waals surface area contributed by atoms with Crippen molar-refractivity contribution in [3.8, 4) is 0 Å². The van der Waals surface area contributed by atoms with E-state index in [1.54, 1.807) is 14.2 Å². The summed E-state index contributed by atoms with van der Waals surface area (Å²) in [5.74, 6) is 0.372. The summed E-state index contributed by atoms with van der Waals surface area (Å²) in [5.41, 5.74) is 0. The Hall–Kier alpha value is 0.250. The van der Waals surface area contributed by atoms with Gasteiger partial charge in [0.1, 0.15) is 27.2 Å². The van der Waals surface area contributed by atoms with Gasteiger partial charge in [-0.25, -0.2) is 0 Å². The zero-order chi connectivity index (χ0) is 19.5. The van der Waals surface area contributed by atoms with Gasteiger partial charge >= 0.3 is 0 Å². The number of ether oxygens (including phenoxy) is 4. The van der Waals surface area contributed by atoms with E-state index in [4.69, 9.17) is 28.0 Å². The first-order valence-corrected chi connectivity index (χ1v) is 11.5. The minimum absolute atomic E-state index is 0.0161. The Balaban J connectivity index is 1.95. The molecule has 7 nitrogen and oxygen atoms in total. The Morgan fingerprint density at radius 3 is 2.31 bits per heavy atom. The molecule has 0 aliphatic carbocycles. The van der Waals surface area contributed by atoms with Crippen molar-refractivity contribution in [3.05, 3.63) is 0 Å². The number of methoxy groups -OCH3 is 2. The molecule has 0 N–H and O–H groups in total. The maximum Gasteiger partial charge on any atom is 0.271 e. The molecule has 2 fully saturated rings. The molecule has 2 heterocycles. The van der Waals surface area contributed by atoms with Crippen molar-refractivity contribution in [1.82, 2.24) is 0 Å². The van der Waals surface area contributed by atoms with E-state index in [0.29, 0.717) is 6.61 Å². The molecular weight excluding hydrogens is 354 g/mol. The summed E-state index contributed by atoms with van der Waals surface area (Å²) in [5, 5.41) is 0. The van der Waals surface area contributed by atoms with Gasteiger partial charge in [0.2, 0.25) is 0 Å². The molecule has 26 heavy (non-hydrogen) atoms. The van der Waals surface area contributed by atoms with E-state index >= 15 is 0 Å². The summed E-state index contributed by atoms with van der Waals surface area (Å²) >= 11 is 0. The standard InChI is InChI=1S/C14H31B4O7P/c1-7-12(9(5-20-3)23-13(7)15)25-26(17,19)22-6-10-11(21-4)8(2)14(18-16)24-10/h7-14,18H,5-6,15-17H2,1-4H3/t7?,8?,9-,10-,11-,12-,13-,14-,26?/m1/s1. The van der Waals surface area contributed by atoms with Gasteiger partial charge in [0.15, 0.2) is 0 Å². The van der Waals surface area contributed by atoms with Gasteiger partial charge in [0, 0.05) is 38.1 Å². The van der Waals surface area contributed by atoms with Gasteiger partial charge in [-0.2, -0.15) is 0 Å². The van der Waals surface area contributed by atoms with Crippen LogP contribution < -0.4 is 0 Å². The first-order chi connectivity index (χ1) is 12.2. The summed E-state index contributed by atoms with van der Waals surface area (Å²) in [6.45, 7) is 4.71. The van der Waals surface area contributed by atoms with Crippen LogP contribution in [0.3, 0.4) is 0 Å². The topological polar surface area (TPSA) is 72.5 Å². The maximum absolute atomic E-state index is 12.9. The minimum Gasteiger partial charge on any atom is -0.382 e. The Morgan fingerprint density at radius 1 is 1.08 bits per heavy atom. The molecule has 9 atom stereocenters. The lowest BCUT2D eigenvalue weighted by Crippen LogP contribution is -2.33. The molecule has 2 rings (SSSR count). The minimum atomic E-state index is -3.28. The Morgan fingerprint density at radius 2 is 1.73 bits per heavy atom. The largest absolute Gasteiger partial charge is 0.382 e. The van der Waals surface area contributed by atoms with Gasteiger partial charge in [0.05, 0.1) is 33.2 Å². The van der Waals surface area contributed by atoms with Gasteiger partial charge < -0.3 is 28.0 Å². The van der Waals surface area contributed by atoms with Crippen LogP contribution in [0, 0.1) is 11.8 Å². The molecule has 0 saturated carbocycles. The van der Waals surface area contributed by atoms with Crippen LogP contribution in [0.2, 0.25) is 0 Å². The smallest absolute Gasteiger partial charge is 0.271 e. The summed E-state index contributed by atoms with van der Waals surface area (Å²) in [7, 11) is 6.50. The average Bonchev–Trinajstić information content (AvgIpc) is 3.04. The van der Waals surface area contributed by atoms with Gasteiger partial charge in [-0.1, -0.05) is 13.8 Å². The predicted molar refractivity (Wildman–Crippen MR) is 110 cm³/mol. The van der Waals surface area contributed by atoms with Crippen molar-refractivity contribution < 1.29 is 32.6 Å². The zero-order valence-corrected chi connectivity index (χ0v) is 17.9. The molecule has 2 aliphatic rings.